The quantitative estimate of drug-likeness (QED) is 0.698. The van der Waals surface area contributed by atoms with Crippen molar-refractivity contribution in [3.63, 3.8) is 0 Å². The Morgan fingerprint density at radius 3 is 2.32 bits per heavy atom. The van der Waals surface area contributed by atoms with Crippen LogP contribution in [0.3, 0.4) is 0 Å². The molecule has 0 aromatic heterocycles. The summed E-state index contributed by atoms with van der Waals surface area (Å²) in [6, 6.07) is 0. The monoisotopic (exact) mass is 307 g/mol. The van der Waals surface area contributed by atoms with Crippen LogP contribution < -0.4 is 0 Å². The van der Waals surface area contributed by atoms with Gasteiger partial charge in [-0.3, -0.25) is 4.79 Å². The molecule has 2 saturated heterocycles. The lowest BCUT2D eigenvalue weighted by atomic mass is 10.0. The zero-order valence-corrected chi connectivity index (χ0v) is 12.8. The van der Waals surface area contributed by atoms with Gasteiger partial charge in [0.25, 0.3) is 0 Å². The smallest absolute Gasteiger partial charge is 0.231 e. The van der Waals surface area contributed by atoms with Crippen molar-refractivity contribution in [3.8, 4) is 0 Å². The Morgan fingerprint density at radius 1 is 1.32 bits per heavy atom. The minimum Gasteiger partial charge on any atom is -0.347 e. The van der Waals surface area contributed by atoms with Gasteiger partial charge in [0.2, 0.25) is 5.91 Å². The van der Waals surface area contributed by atoms with Gasteiger partial charge in [0.05, 0.1) is 18.1 Å². The summed E-state index contributed by atoms with van der Waals surface area (Å²) in [5, 5.41) is 0. The topological polar surface area (TPSA) is 38.8 Å². The van der Waals surface area contributed by atoms with E-state index in [1.54, 1.807) is 0 Å². The summed E-state index contributed by atoms with van der Waals surface area (Å²) in [6.07, 6.45) is 2.11. The van der Waals surface area contributed by atoms with Gasteiger partial charge in [-0.25, -0.2) is 0 Å². The number of likely N-dealkylation sites (tertiary alicyclic amines) is 1. The van der Waals surface area contributed by atoms with Crippen LogP contribution in [0.4, 0.5) is 0 Å². The summed E-state index contributed by atoms with van der Waals surface area (Å²) in [5.74, 6) is -0.418. The molecule has 1 aliphatic carbocycles. The molecule has 0 N–H and O–H groups in total. The molecule has 0 aromatic carbocycles. The molecule has 3 fully saturated rings. The van der Waals surface area contributed by atoms with E-state index in [1.165, 1.54) is 0 Å². The van der Waals surface area contributed by atoms with Gasteiger partial charge in [-0.05, 0) is 20.3 Å². The highest BCUT2D eigenvalue weighted by molar-refractivity contribution is 6.53. The maximum absolute atomic E-state index is 12.4. The molecule has 0 bridgehead atoms. The minimum absolute atomic E-state index is 0.0541. The first kappa shape index (κ1) is 13.9. The minimum atomic E-state index is -0.895. The van der Waals surface area contributed by atoms with E-state index in [2.05, 4.69) is 0 Å². The number of hydrogen-bond donors (Lipinski definition) is 0. The zero-order chi connectivity index (χ0) is 13.9. The Bertz CT molecular complexity index is 407. The second-order valence-electron chi connectivity index (χ2n) is 6.16. The highest BCUT2D eigenvalue weighted by Gasteiger charge is 2.69. The van der Waals surface area contributed by atoms with E-state index in [-0.39, 0.29) is 12.0 Å². The third-order valence-corrected chi connectivity index (χ3v) is 5.64. The van der Waals surface area contributed by atoms with Crippen LogP contribution in [0.15, 0.2) is 0 Å². The second-order valence-corrected chi connectivity index (χ2v) is 7.64. The summed E-state index contributed by atoms with van der Waals surface area (Å²) in [7, 11) is 0. The number of rotatable bonds is 1. The number of alkyl halides is 2. The van der Waals surface area contributed by atoms with E-state index < -0.39 is 15.5 Å². The van der Waals surface area contributed by atoms with E-state index in [9.17, 15) is 4.79 Å². The van der Waals surface area contributed by atoms with Crippen molar-refractivity contribution < 1.29 is 14.3 Å². The van der Waals surface area contributed by atoms with E-state index in [4.69, 9.17) is 32.7 Å². The van der Waals surface area contributed by atoms with Crippen LogP contribution >= 0.6 is 23.2 Å². The summed E-state index contributed by atoms with van der Waals surface area (Å²) in [6.45, 7) is 5.77. The zero-order valence-electron chi connectivity index (χ0n) is 11.2. The predicted molar refractivity (Wildman–Crippen MR) is 72.2 cm³/mol. The lowest BCUT2D eigenvalue weighted by molar-refractivity contribution is -0.195. The Labute approximate surface area is 123 Å². The molecule has 19 heavy (non-hydrogen) atoms. The Hall–Kier alpha value is -0.0300. The van der Waals surface area contributed by atoms with Gasteiger partial charge < -0.3 is 14.4 Å². The lowest BCUT2D eigenvalue weighted by Gasteiger charge is -2.39. The van der Waals surface area contributed by atoms with Crippen molar-refractivity contribution >= 4 is 29.1 Å². The first-order chi connectivity index (χ1) is 8.78. The van der Waals surface area contributed by atoms with E-state index in [0.717, 1.165) is 12.8 Å². The van der Waals surface area contributed by atoms with Crippen LogP contribution in [-0.2, 0) is 14.3 Å². The van der Waals surface area contributed by atoms with Crippen LogP contribution in [-0.4, -0.2) is 46.7 Å². The molecule has 2 heterocycles. The summed E-state index contributed by atoms with van der Waals surface area (Å²) >= 11 is 12.1. The first-order valence-corrected chi connectivity index (χ1v) is 7.53. The van der Waals surface area contributed by atoms with Crippen LogP contribution in [0.2, 0.25) is 0 Å². The van der Waals surface area contributed by atoms with Gasteiger partial charge in [0, 0.05) is 25.9 Å². The average molecular weight is 308 g/mol. The van der Waals surface area contributed by atoms with Crippen LogP contribution in [0, 0.1) is 5.41 Å². The number of carbonyl (C=O) groups excluding carboxylic acids is 1. The largest absolute Gasteiger partial charge is 0.347 e. The number of halogens is 2. The third-order valence-electron chi connectivity index (χ3n) is 4.54. The first-order valence-electron chi connectivity index (χ1n) is 6.77. The van der Waals surface area contributed by atoms with Crippen molar-refractivity contribution in [1.29, 1.82) is 0 Å². The van der Waals surface area contributed by atoms with Crippen molar-refractivity contribution in [2.24, 2.45) is 5.41 Å². The van der Waals surface area contributed by atoms with Crippen LogP contribution in [0.25, 0.3) is 0 Å². The molecule has 1 spiro atoms. The van der Waals surface area contributed by atoms with Crippen molar-refractivity contribution in [2.75, 3.05) is 19.7 Å². The fourth-order valence-corrected chi connectivity index (χ4v) is 3.69. The molecule has 1 saturated carbocycles. The number of amides is 1. The molecule has 2 aliphatic heterocycles. The molecule has 3 aliphatic rings. The van der Waals surface area contributed by atoms with Gasteiger partial charge in [-0.15, -0.1) is 23.2 Å². The Morgan fingerprint density at radius 2 is 1.89 bits per heavy atom. The molecule has 4 nitrogen and oxygen atoms in total. The van der Waals surface area contributed by atoms with Gasteiger partial charge >= 0.3 is 0 Å². The van der Waals surface area contributed by atoms with Crippen molar-refractivity contribution in [1.82, 2.24) is 4.90 Å². The summed E-state index contributed by atoms with van der Waals surface area (Å²) in [5.41, 5.74) is -0.620. The van der Waals surface area contributed by atoms with E-state index in [0.29, 0.717) is 26.1 Å². The lowest BCUT2D eigenvalue weighted by Crippen LogP contribution is -2.49. The number of nitrogens with zero attached hydrogens (tertiary/aromatic N) is 1. The Kier molecular flexibility index (Phi) is 3.10. The van der Waals surface area contributed by atoms with Crippen molar-refractivity contribution in [3.05, 3.63) is 0 Å². The summed E-state index contributed by atoms with van der Waals surface area (Å²) < 4.78 is 10.7. The fourth-order valence-electron chi connectivity index (χ4n) is 3.00. The van der Waals surface area contributed by atoms with Crippen LogP contribution in [0.1, 0.15) is 33.1 Å². The maximum atomic E-state index is 12.4. The van der Waals surface area contributed by atoms with Crippen molar-refractivity contribution in [2.45, 2.75) is 49.3 Å². The average Bonchev–Trinajstić information content (AvgIpc) is 2.67. The van der Waals surface area contributed by atoms with E-state index in [1.807, 2.05) is 18.7 Å². The molecule has 2 atom stereocenters. The van der Waals surface area contributed by atoms with Gasteiger partial charge in [0.1, 0.15) is 4.33 Å². The third kappa shape index (κ3) is 2.17. The van der Waals surface area contributed by atoms with Gasteiger partial charge in [-0.2, -0.15) is 0 Å². The SMILES string of the molecule is C[C@H]1COC2(CCN(C(=O)[C@]3(C)CC3(Cl)Cl)CC2)O1. The molecule has 0 unspecified atom stereocenters. The van der Waals surface area contributed by atoms with E-state index >= 15 is 0 Å². The maximum Gasteiger partial charge on any atom is 0.231 e. The standard InChI is InChI=1S/C13H19Cl2NO3/c1-9-7-18-12(19-9)3-5-16(6-4-12)10(17)11(2)8-13(11,14)15/h9H,3-8H2,1-2H3/t9-,11-/m0/s1. The molecule has 0 aromatic rings. The second kappa shape index (κ2) is 4.23. The number of carbonyl (C=O) groups is 1. The highest BCUT2D eigenvalue weighted by atomic mass is 35.5. The highest BCUT2D eigenvalue weighted by Crippen LogP contribution is 2.64. The molecular weight excluding hydrogens is 289 g/mol. The number of ether oxygens (including phenoxy) is 2. The fraction of sp³-hybridized carbons (Fsp3) is 0.923. The summed E-state index contributed by atoms with van der Waals surface area (Å²) in [4.78, 5) is 14.3. The molecule has 108 valence electrons. The van der Waals surface area contributed by atoms with Gasteiger partial charge in [0.15, 0.2) is 5.79 Å². The molecule has 3 rings (SSSR count). The predicted octanol–water partition coefficient (Wildman–Crippen LogP) is 2.32. The Balaban J connectivity index is 1.61. The van der Waals surface area contributed by atoms with Crippen LogP contribution in [0.5, 0.6) is 0 Å². The number of hydrogen-bond acceptors (Lipinski definition) is 3. The molecule has 0 radical (unpaired) electrons. The molecular formula is C13H19Cl2NO3. The number of piperidine rings is 1. The molecule has 6 heteroatoms. The van der Waals surface area contributed by atoms with Gasteiger partial charge in [-0.1, -0.05) is 0 Å². The molecule has 1 amide bonds. The normalized spacial score (nSPS) is 39.6.